The molecule has 3 rings (SSSR count). The van der Waals surface area contributed by atoms with Crippen molar-refractivity contribution in [1.82, 2.24) is 5.32 Å². The molecule has 1 amide bonds. The molecule has 0 radical (unpaired) electrons. The first-order chi connectivity index (χ1) is 13.0. The van der Waals surface area contributed by atoms with E-state index in [0.29, 0.717) is 16.6 Å². The highest BCUT2D eigenvalue weighted by atomic mass is 32.2. The summed E-state index contributed by atoms with van der Waals surface area (Å²) in [6, 6.07) is 8.10. The minimum absolute atomic E-state index is 0.0191. The van der Waals surface area contributed by atoms with E-state index < -0.39 is 0 Å². The second kappa shape index (κ2) is 10.2. The number of benzene rings is 1. The maximum atomic E-state index is 12.7. The fourth-order valence-electron chi connectivity index (χ4n) is 3.93. The highest BCUT2D eigenvalue weighted by Gasteiger charge is 2.30. The molecule has 1 fully saturated rings. The van der Waals surface area contributed by atoms with Crippen LogP contribution in [0.1, 0.15) is 82.1 Å². The molecular formula is C22H35N3OS. The number of nitrogens with two attached hydrogens (primary N) is 1. The molecule has 27 heavy (non-hydrogen) atoms. The average Bonchev–Trinajstić information content (AvgIpc) is 2.70. The normalized spacial score (nSPS) is 24.2. The molecule has 150 valence electrons. The molecule has 1 heterocycles. The van der Waals surface area contributed by atoms with Crippen LogP contribution in [0.3, 0.4) is 0 Å². The van der Waals surface area contributed by atoms with E-state index in [1.165, 1.54) is 32.1 Å². The van der Waals surface area contributed by atoms with Crippen LogP contribution in [0.2, 0.25) is 0 Å². The van der Waals surface area contributed by atoms with E-state index in [1.807, 2.05) is 38.1 Å². The Kier molecular flexibility index (Phi) is 8.21. The Hall–Kier alpha value is -1.49. The molecule has 1 aromatic carbocycles. The van der Waals surface area contributed by atoms with Crippen molar-refractivity contribution in [2.75, 3.05) is 5.75 Å². The zero-order chi connectivity index (χ0) is 19.9. The van der Waals surface area contributed by atoms with Gasteiger partial charge in [-0.05, 0) is 56.7 Å². The minimum Gasteiger partial charge on any atom is -0.379 e. The Balaban J connectivity index is 0.00000126. The van der Waals surface area contributed by atoms with E-state index in [9.17, 15) is 4.79 Å². The van der Waals surface area contributed by atoms with Gasteiger partial charge in [0.15, 0.2) is 5.17 Å². The van der Waals surface area contributed by atoms with Crippen LogP contribution in [0, 0.1) is 5.92 Å². The summed E-state index contributed by atoms with van der Waals surface area (Å²) in [6.45, 7) is 8.24. The predicted octanol–water partition coefficient (Wildman–Crippen LogP) is 5.08. The Morgan fingerprint density at radius 2 is 2.00 bits per heavy atom. The van der Waals surface area contributed by atoms with E-state index in [2.05, 4.69) is 24.2 Å². The summed E-state index contributed by atoms with van der Waals surface area (Å²) in [4.78, 5) is 17.4. The number of rotatable bonds is 4. The number of nitrogens with one attached hydrogen (secondary N) is 1. The van der Waals surface area contributed by atoms with Crippen LogP contribution in [0.25, 0.3) is 0 Å². The number of hydrogen-bond donors (Lipinski definition) is 2. The van der Waals surface area contributed by atoms with Crippen LogP contribution in [-0.2, 0) is 5.54 Å². The molecule has 1 saturated carbocycles. The Morgan fingerprint density at radius 1 is 1.30 bits per heavy atom. The van der Waals surface area contributed by atoms with Crippen molar-refractivity contribution in [3.8, 4) is 0 Å². The lowest BCUT2D eigenvalue weighted by Gasteiger charge is -2.30. The van der Waals surface area contributed by atoms with Crippen LogP contribution >= 0.6 is 11.8 Å². The topological polar surface area (TPSA) is 67.5 Å². The van der Waals surface area contributed by atoms with E-state index in [4.69, 9.17) is 5.73 Å². The second-order valence-electron chi connectivity index (χ2n) is 7.56. The molecule has 5 heteroatoms. The molecular weight excluding hydrogens is 354 g/mol. The number of amidine groups is 1. The van der Waals surface area contributed by atoms with Gasteiger partial charge in [0.1, 0.15) is 0 Å². The monoisotopic (exact) mass is 389 g/mol. The van der Waals surface area contributed by atoms with Crippen molar-refractivity contribution in [2.24, 2.45) is 16.6 Å². The van der Waals surface area contributed by atoms with Crippen LogP contribution in [-0.4, -0.2) is 22.9 Å². The fourth-order valence-corrected chi connectivity index (χ4v) is 4.91. The van der Waals surface area contributed by atoms with Crippen LogP contribution in [0.5, 0.6) is 0 Å². The molecule has 0 aromatic heterocycles. The molecule has 0 bridgehead atoms. The number of nitrogens with zero attached hydrogens (tertiary/aromatic N) is 1. The van der Waals surface area contributed by atoms with E-state index in [-0.39, 0.29) is 17.5 Å². The number of hydrogen-bond acceptors (Lipinski definition) is 4. The summed E-state index contributed by atoms with van der Waals surface area (Å²) in [6.07, 6.45) is 7.30. The predicted molar refractivity (Wildman–Crippen MR) is 117 cm³/mol. The summed E-state index contributed by atoms with van der Waals surface area (Å²) >= 11 is 1.60. The zero-order valence-corrected chi connectivity index (χ0v) is 18.1. The lowest BCUT2D eigenvalue weighted by Crippen LogP contribution is -2.39. The standard InChI is InChI=1S/C20H29N3OS.C2H6/c1-14(15-7-4-3-5-8-15)22-18(24)16-9-6-10-17(13-16)20(2)11-12-25-19(21)23-20;1-2/h6,9-10,13-15H,3-5,7-8,11-12H2,1-2H3,(H2,21,23)(H,22,24);1-2H3. The molecule has 1 aromatic rings. The van der Waals surface area contributed by atoms with Crippen molar-refractivity contribution in [1.29, 1.82) is 0 Å². The maximum absolute atomic E-state index is 12.7. The smallest absolute Gasteiger partial charge is 0.251 e. The Bertz CT molecular complexity index is 655. The van der Waals surface area contributed by atoms with E-state index >= 15 is 0 Å². The Labute approximate surface area is 168 Å². The third kappa shape index (κ3) is 5.74. The number of carbonyl (C=O) groups excluding carboxylic acids is 1. The molecule has 2 aliphatic rings. The summed E-state index contributed by atoms with van der Waals surface area (Å²) in [5.41, 5.74) is 7.37. The highest BCUT2D eigenvalue weighted by molar-refractivity contribution is 8.13. The summed E-state index contributed by atoms with van der Waals surface area (Å²) in [7, 11) is 0. The largest absolute Gasteiger partial charge is 0.379 e. The van der Waals surface area contributed by atoms with Gasteiger partial charge in [0.05, 0.1) is 5.54 Å². The van der Waals surface area contributed by atoms with Gasteiger partial charge < -0.3 is 11.1 Å². The molecule has 2 atom stereocenters. The number of amides is 1. The summed E-state index contributed by atoms with van der Waals surface area (Å²) in [5.74, 6) is 1.59. The second-order valence-corrected chi connectivity index (χ2v) is 8.68. The van der Waals surface area contributed by atoms with Crippen LogP contribution in [0.15, 0.2) is 29.3 Å². The zero-order valence-electron chi connectivity index (χ0n) is 17.3. The minimum atomic E-state index is -0.333. The van der Waals surface area contributed by atoms with Crippen molar-refractivity contribution in [3.05, 3.63) is 35.4 Å². The third-order valence-corrected chi connectivity index (χ3v) is 6.45. The summed E-state index contributed by atoms with van der Waals surface area (Å²) in [5, 5.41) is 3.85. The molecule has 4 nitrogen and oxygen atoms in total. The first-order valence-corrected chi connectivity index (χ1v) is 11.4. The van der Waals surface area contributed by atoms with Crippen molar-refractivity contribution < 1.29 is 4.79 Å². The van der Waals surface area contributed by atoms with Gasteiger partial charge in [-0.25, -0.2) is 0 Å². The first kappa shape index (κ1) is 21.8. The first-order valence-electron chi connectivity index (χ1n) is 10.4. The summed E-state index contributed by atoms with van der Waals surface area (Å²) < 4.78 is 0. The molecule has 2 unspecified atom stereocenters. The molecule has 0 saturated heterocycles. The van der Waals surface area contributed by atoms with Crippen LogP contribution in [0.4, 0.5) is 0 Å². The maximum Gasteiger partial charge on any atom is 0.251 e. The molecule has 1 aliphatic heterocycles. The van der Waals surface area contributed by atoms with Gasteiger partial charge in [-0.2, -0.15) is 0 Å². The van der Waals surface area contributed by atoms with Gasteiger partial charge in [0, 0.05) is 17.4 Å². The van der Waals surface area contributed by atoms with Gasteiger partial charge in [0.2, 0.25) is 0 Å². The highest BCUT2D eigenvalue weighted by Crippen LogP contribution is 2.35. The fraction of sp³-hybridized carbons (Fsp3) is 0.636. The van der Waals surface area contributed by atoms with E-state index in [0.717, 1.165) is 17.7 Å². The van der Waals surface area contributed by atoms with Crippen molar-refractivity contribution >= 4 is 22.8 Å². The van der Waals surface area contributed by atoms with Crippen LogP contribution < -0.4 is 11.1 Å². The van der Waals surface area contributed by atoms with Gasteiger partial charge in [0.25, 0.3) is 5.91 Å². The average molecular weight is 390 g/mol. The lowest BCUT2D eigenvalue weighted by atomic mass is 9.84. The molecule has 1 aliphatic carbocycles. The van der Waals surface area contributed by atoms with Gasteiger partial charge in [-0.1, -0.05) is 57.0 Å². The number of carbonyl (C=O) groups is 1. The van der Waals surface area contributed by atoms with Gasteiger partial charge in [-0.3, -0.25) is 9.79 Å². The Morgan fingerprint density at radius 3 is 2.67 bits per heavy atom. The van der Waals surface area contributed by atoms with Crippen molar-refractivity contribution in [2.45, 2.75) is 77.8 Å². The number of aliphatic imine (C=N–C) groups is 1. The SMILES string of the molecule is CC.CC(NC(=O)c1cccc(C2(C)CCSC(N)=N2)c1)C1CCCCC1. The third-order valence-electron chi connectivity index (χ3n) is 5.66. The van der Waals surface area contributed by atoms with Crippen molar-refractivity contribution in [3.63, 3.8) is 0 Å². The number of thioether (sulfide) groups is 1. The molecule has 0 spiro atoms. The van der Waals surface area contributed by atoms with Gasteiger partial charge >= 0.3 is 0 Å². The quantitative estimate of drug-likeness (QED) is 0.755. The van der Waals surface area contributed by atoms with E-state index in [1.54, 1.807) is 11.8 Å². The van der Waals surface area contributed by atoms with Gasteiger partial charge in [-0.15, -0.1) is 0 Å². The lowest BCUT2D eigenvalue weighted by molar-refractivity contribution is 0.0919. The molecule has 3 N–H and O–H groups in total.